The molecule has 9 heterocycles. The zero-order chi connectivity index (χ0) is 41.8. The fraction of sp³-hybridized carbons (Fsp3) is 0.310. The summed E-state index contributed by atoms with van der Waals surface area (Å²) in [6.45, 7) is 1.13. The molecular formula is C42H38N12O5S2. The first-order valence-electron chi connectivity index (χ1n) is 19.8. The number of carboxylic acids is 1. The van der Waals surface area contributed by atoms with E-state index in [2.05, 4.69) is 46.8 Å². The van der Waals surface area contributed by atoms with Gasteiger partial charge in [0.05, 0.1) is 77.7 Å². The number of anilines is 4. The van der Waals surface area contributed by atoms with Crippen LogP contribution in [0.5, 0.6) is 11.5 Å². The van der Waals surface area contributed by atoms with E-state index >= 15 is 0 Å². The maximum absolute atomic E-state index is 12.9. The number of nitrogens with one attached hydrogen (secondary N) is 2. The minimum atomic E-state index is -0.730. The molecule has 2 aliphatic carbocycles. The van der Waals surface area contributed by atoms with Crippen LogP contribution in [-0.4, -0.2) is 88.4 Å². The highest BCUT2D eigenvalue weighted by Gasteiger charge is 2.37. The van der Waals surface area contributed by atoms with Gasteiger partial charge in [-0.05, 0) is 73.9 Å². The molecular weight excluding hydrogens is 817 g/mol. The van der Waals surface area contributed by atoms with Gasteiger partial charge in [-0.15, -0.1) is 22.7 Å². The fourth-order valence-electron chi connectivity index (χ4n) is 8.50. The molecule has 3 N–H and O–H groups in total. The van der Waals surface area contributed by atoms with Crippen molar-refractivity contribution in [3.63, 3.8) is 0 Å². The van der Waals surface area contributed by atoms with Crippen LogP contribution in [0.3, 0.4) is 0 Å². The molecule has 0 radical (unpaired) electrons. The highest BCUT2D eigenvalue weighted by atomic mass is 32.1. The van der Waals surface area contributed by atoms with E-state index in [-0.39, 0.29) is 23.7 Å². The number of rotatable bonds is 8. The third-order valence-electron chi connectivity index (χ3n) is 11.7. The predicted octanol–water partition coefficient (Wildman–Crippen LogP) is 6.46. The first kappa shape index (κ1) is 38.3. The van der Waals surface area contributed by atoms with Gasteiger partial charge in [0, 0.05) is 41.2 Å². The van der Waals surface area contributed by atoms with Gasteiger partial charge in [0.1, 0.15) is 34.0 Å². The molecule has 8 aromatic rings. The number of pyridine rings is 2. The Morgan fingerprint density at radius 3 is 1.79 bits per heavy atom. The van der Waals surface area contributed by atoms with Gasteiger partial charge in [0.2, 0.25) is 5.91 Å². The first-order chi connectivity index (χ1) is 29.8. The molecule has 1 amide bonds. The summed E-state index contributed by atoms with van der Waals surface area (Å²) in [5, 5.41) is 35.7. The Hall–Kier alpha value is -6.91. The van der Waals surface area contributed by atoms with Crippen molar-refractivity contribution in [2.24, 2.45) is 17.8 Å². The molecule has 11 rings (SSSR count). The second-order valence-electron chi connectivity index (χ2n) is 15.3. The van der Waals surface area contributed by atoms with Crippen LogP contribution >= 0.6 is 22.7 Å². The summed E-state index contributed by atoms with van der Waals surface area (Å²) in [5.41, 5.74) is 5.86. The molecule has 0 aromatic carbocycles. The van der Waals surface area contributed by atoms with Crippen LogP contribution in [0.2, 0.25) is 0 Å². The molecule has 2 atom stereocenters. The number of nitrogens with zero attached hydrogens (tertiary/aromatic N) is 10. The van der Waals surface area contributed by atoms with Crippen molar-refractivity contribution in [1.82, 2.24) is 44.1 Å². The zero-order valence-corrected chi connectivity index (χ0v) is 34.7. The number of nitriles is 1. The van der Waals surface area contributed by atoms with Crippen molar-refractivity contribution in [3.05, 3.63) is 82.6 Å². The van der Waals surface area contributed by atoms with E-state index < -0.39 is 5.97 Å². The third-order valence-corrected chi connectivity index (χ3v) is 14.0. The summed E-state index contributed by atoms with van der Waals surface area (Å²) in [7, 11) is 3.25. The molecule has 0 bridgehead atoms. The van der Waals surface area contributed by atoms with E-state index in [1.807, 2.05) is 41.6 Å². The van der Waals surface area contributed by atoms with E-state index in [0.29, 0.717) is 56.1 Å². The smallest absolute Gasteiger partial charge is 0.306 e. The number of thiophene rings is 2. The van der Waals surface area contributed by atoms with Crippen LogP contribution in [-0.2, 0) is 35.3 Å². The van der Waals surface area contributed by atoms with E-state index in [9.17, 15) is 14.7 Å². The lowest BCUT2D eigenvalue weighted by atomic mass is 9.85. The summed E-state index contributed by atoms with van der Waals surface area (Å²) < 4.78 is 14.6. The minimum absolute atomic E-state index is 0.0138. The summed E-state index contributed by atoms with van der Waals surface area (Å²) in [6, 6.07) is 10.0. The average Bonchev–Trinajstić information content (AvgIpc) is 4.07. The number of ether oxygens (including phenoxy) is 2. The molecule has 17 nitrogen and oxygen atoms in total. The van der Waals surface area contributed by atoms with E-state index in [0.717, 1.165) is 71.9 Å². The number of carbonyl (C=O) groups excluding carboxylic acids is 1. The first-order valence-corrected chi connectivity index (χ1v) is 21.4. The molecule has 1 saturated heterocycles. The number of aryl methyl sites for hydroxylation is 2. The SMILES string of the molecule is COc1cn2nccc2cc1Nc1ncnc2sc3c(c12)CC[C@H](C(=O)N1CC(C#N)C1)C3.COc1cn2nccc2cc1Nc1ncnc2sc3c(c12)CC[C@H](C(=O)O)C3. The Balaban J connectivity index is 0.000000148. The van der Waals surface area contributed by atoms with Crippen LogP contribution in [0.25, 0.3) is 31.5 Å². The van der Waals surface area contributed by atoms with Gasteiger partial charge >= 0.3 is 5.97 Å². The average molecular weight is 855 g/mol. The summed E-state index contributed by atoms with van der Waals surface area (Å²) in [5.74, 6) is 1.84. The second kappa shape index (κ2) is 15.6. The van der Waals surface area contributed by atoms with E-state index in [4.69, 9.17) is 14.7 Å². The minimum Gasteiger partial charge on any atom is -0.493 e. The van der Waals surface area contributed by atoms with Crippen molar-refractivity contribution in [1.29, 1.82) is 5.26 Å². The normalized spacial score (nSPS) is 17.2. The molecule has 61 heavy (non-hydrogen) atoms. The lowest BCUT2D eigenvalue weighted by Crippen LogP contribution is -2.52. The Morgan fingerprint density at radius 2 is 1.30 bits per heavy atom. The van der Waals surface area contributed by atoms with Crippen molar-refractivity contribution in [2.75, 3.05) is 37.9 Å². The van der Waals surface area contributed by atoms with Gasteiger partial charge in [-0.25, -0.2) is 29.0 Å². The lowest BCUT2D eigenvalue weighted by molar-refractivity contribution is -0.142. The largest absolute Gasteiger partial charge is 0.493 e. The Kier molecular flexibility index (Phi) is 9.80. The Bertz CT molecular complexity index is 3050. The number of methoxy groups -OCH3 is 2. The molecule has 8 aromatic heterocycles. The topological polar surface area (TPSA) is 210 Å². The van der Waals surface area contributed by atoms with Crippen molar-refractivity contribution >= 4 is 89.0 Å². The van der Waals surface area contributed by atoms with Crippen LogP contribution in [0.15, 0.2) is 61.7 Å². The van der Waals surface area contributed by atoms with E-state index in [1.54, 1.807) is 64.6 Å². The molecule has 0 spiro atoms. The number of carboxylic acid groups (broad SMARTS) is 1. The number of hydrogen-bond acceptors (Lipinski definition) is 15. The van der Waals surface area contributed by atoms with Gasteiger partial charge < -0.3 is 30.1 Å². The van der Waals surface area contributed by atoms with Gasteiger partial charge in [0.15, 0.2) is 11.5 Å². The quantitative estimate of drug-likeness (QED) is 0.150. The maximum Gasteiger partial charge on any atom is 0.306 e. The summed E-state index contributed by atoms with van der Waals surface area (Å²) in [4.78, 5) is 48.1. The molecule has 0 saturated carbocycles. The molecule has 1 fully saturated rings. The maximum atomic E-state index is 12.9. The molecule has 0 unspecified atom stereocenters. The predicted molar refractivity (Wildman–Crippen MR) is 229 cm³/mol. The number of aliphatic carboxylic acids is 1. The van der Waals surface area contributed by atoms with Gasteiger partial charge in [-0.3, -0.25) is 9.59 Å². The molecule has 19 heteroatoms. The number of likely N-dealkylation sites (tertiary alicyclic amines) is 1. The van der Waals surface area contributed by atoms with Crippen LogP contribution in [0.1, 0.15) is 33.7 Å². The second-order valence-corrected chi connectivity index (χ2v) is 17.4. The molecule has 308 valence electrons. The molecule has 3 aliphatic rings. The van der Waals surface area contributed by atoms with Crippen molar-refractivity contribution < 1.29 is 24.2 Å². The Labute approximate surface area is 355 Å². The third kappa shape index (κ3) is 6.96. The Morgan fingerprint density at radius 1 is 0.787 bits per heavy atom. The number of amides is 1. The lowest BCUT2D eigenvalue weighted by Gasteiger charge is -2.38. The number of aromatic nitrogens is 8. The number of hydrogen-bond donors (Lipinski definition) is 3. The zero-order valence-electron chi connectivity index (χ0n) is 33.0. The standard InChI is InChI=1S/C23H21N7O2S.C19H17N5O3S/c1-32-18-11-30-15(4-5-27-30)7-17(18)28-21-20-16-3-2-14(23(31)29-9-13(8-24)10-29)6-19(16)33-22(20)26-12-25-21;1-27-14-8-24-11(4-5-22-24)7-13(14)23-17-16-12-3-2-10(19(25)26)6-15(12)28-18(16)21-9-20-17/h4-5,7,11-14H,2-3,6,9-10H2,1H3,(H,25,26,28);4-5,7-10H,2-3,6H2,1H3,(H,25,26)(H,20,21,23)/t14-;10-/m00/s1. The van der Waals surface area contributed by atoms with Crippen LogP contribution in [0.4, 0.5) is 23.0 Å². The molecule has 1 aliphatic heterocycles. The van der Waals surface area contributed by atoms with E-state index in [1.165, 1.54) is 16.8 Å². The highest BCUT2D eigenvalue weighted by molar-refractivity contribution is 7.19. The van der Waals surface area contributed by atoms with Crippen LogP contribution in [0, 0.1) is 29.1 Å². The van der Waals surface area contributed by atoms with Crippen molar-refractivity contribution in [2.45, 2.75) is 38.5 Å². The number of carbonyl (C=O) groups is 2. The fourth-order valence-corrected chi connectivity index (χ4v) is 11.0. The van der Waals surface area contributed by atoms with Crippen LogP contribution < -0.4 is 20.1 Å². The van der Waals surface area contributed by atoms with Crippen molar-refractivity contribution in [3.8, 4) is 17.6 Å². The van der Waals surface area contributed by atoms with Gasteiger partial charge in [-0.2, -0.15) is 15.5 Å². The summed E-state index contributed by atoms with van der Waals surface area (Å²) >= 11 is 3.20. The number of fused-ring (bicyclic) bond motifs is 8. The monoisotopic (exact) mass is 854 g/mol. The highest BCUT2D eigenvalue weighted by Crippen LogP contribution is 2.43. The summed E-state index contributed by atoms with van der Waals surface area (Å²) in [6.07, 6.45) is 14.5. The van der Waals surface area contributed by atoms with Gasteiger partial charge in [0.25, 0.3) is 0 Å². The van der Waals surface area contributed by atoms with Gasteiger partial charge in [-0.1, -0.05) is 0 Å².